The van der Waals surface area contributed by atoms with Gasteiger partial charge >= 0.3 is 0 Å². The fraction of sp³-hybridized carbons (Fsp3) is 0.900. The van der Waals surface area contributed by atoms with Crippen molar-refractivity contribution < 1.29 is 4.79 Å². The SMILES string of the molecule is CCC(=O)CN1CCN2CCC1C2. The van der Waals surface area contributed by atoms with Gasteiger partial charge in [-0.25, -0.2) is 0 Å². The number of nitrogens with zero attached hydrogens (tertiary/aromatic N) is 2. The molecule has 2 fully saturated rings. The molecule has 0 N–H and O–H groups in total. The predicted molar refractivity (Wildman–Crippen MR) is 51.7 cm³/mol. The highest BCUT2D eigenvalue weighted by Gasteiger charge is 2.32. The molecule has 2 saturated heterocycles. The third-order valence-electron chi connectivity index (χ3n) is 3.24. The molecule has 0 amide bonds. The van der Waals surface area contributed by atoms with Crippen LogP contribution in [0.5, 0.6) is 0 Å². The molecule has 0 aromatic heterocycles. The van der Waals surface area contributed by atoms with Crippen LogP contribution in [-0.2, 0) is 4.79 Å². The second-order valence-electron chi connectivity index (χ2n) is 4.11. The standard InChI is InChI=1S/C10H18N2O/c1-2-10(13)8-12-6-5-11-4-3-9(12)7-11/h9H,2-8H2,1H3. The first-order valence-electron chi connectivity index (χ1n) is 5.27. The van der Waals surface area contributed by atoms with Gasteiger partial charge in [0.25, 0.3) is 0 Å². The molecular formula is C10H18N2O. The monoisotopic (exact) mass is 182 g/mol. The van der Waals surface area contributed by atoms with Gasteiger partial charge in [-0.15, -0.1) is 0 Å². The molecule has 13 heavy (non-hydrogen) atoms. The molecule has 0 spiro atoms. The van der Waals surface area contributed by atoms with Crippen molar-refractivity contribution in [1.82, 2.24) is 9.80 Å². The second kappa shape index (κ2) is 3.76. The van der Waals surface area contributed by atoms with Gasteiger partial charge in [-0.1, -0.05) is 6.92 Å². The lowest BCUT2D eigenvalue weighted by atomic mass is 10.1. The van der Waals surface area contributed by atoms with Crippen molar-refractivity contribution in [3.05, 3.63) is 0 Å². The van der Waals surface area contributed by atoms with Crippen molar-refractivity contribution in [2.45, 2.75) is 25.8 Å². The van der Waals surface area contributed by atoms with Gasteiger partial charge in [0.05, 0.1) is 6.54 Å². The van der Waals surface area contributed by atoms with E-state index in [1.165, 1.54) is 19.5 Å². The molecule has 0 aliphatic carbocycles. The second-order valence-corrected chi connectivity index (χ2v) is 4.11. The van der Waals surface area contributed by atoms with E-state index in [4.69, 9.17) is 0 Å². The number of ketones is 1. The molecule has 2 unspecified atom stereocenters. The zero-order chi connectivity index (χ0) is 9.26. The van der Waals surface area contributed by atoms with Crippen LogP contribution in [0.4, 0.5) is 0 Å². The van der Waals surface area contributed by atoms with E-state index in [1.54, 1.807) is 0 Å². The Hall–Kier alpha value is -0.410. The Morgan fingerprint density at radius 2 is 2.23 bits per heavy atom. The summed E-state index contributed by atoms with van der Waals surface area (Å²) in [6.07, 6.45) is 1.95. The number of carbonyl (C=O) groups excluding carboxylic acids is 1. The third-order valence-corrected chi connectivity index (χ3v) is 3.24. The van der Waals surface area contributed by atoms with Crippen molar-refractivity contribution in [1.29, 1.82) is 0 Å². The minimum atomic E-state index is 0.389. The molecule has 2 bridgehead atoms. The maximum absolute atomic E-state index is 11.3. The topological polar surface area (TPSA) is 23.6 Å². The number of Topliss-reactive ketones (excluding diaryl/α,β-unsaturated/α-hetero) is 1. The quantitative estimate of drug-likeness (QED) is 0.629. The van der Waals surface area contributed by atoms with Gasteiger partial charge in [-0.3, -0.25) is 9.69 Å². The van der Waals surface area contributed by atoms with E-state index < -0.39 is 0 Å². The molecule has 3 nitrogen and oxygen atoms in total. The molecule has 2 atom stereocenters. The highest BCUT2D eigenvalue weighted by atomic mass is 16.1. The Bertz CT molecular complexity index is 205. The van der Waals surface area contributed by atoms with Gasteiger partial charge < -0.3 is 4.90 Å². The zero-order valence-corrected chi connectivity index (χ0v) is 8.33. The third kappa shape index (κ3) is 1.92. The van der Waals surface area contributed by atoms with E-state index in [-0.39, 0.29) is 0 Å². The molecular weight excluding hydrogens is 164 g/mol. The van der Waals surface area contributed by atoms with Crippen LogP contribution in [0.25, 0.3) is 0 Å². The lowest BCUT2D eigenvalue weighted by Gasteiger charge is -2.33. The van der Waals surface area contributed by atoms with Gasteiger partial charge in [0.2, 0.25) is 0 Å². The molecule has 2 aliphatic rings. The molecule has 3 heteroatoms. The van der Waals surface area contributed by atoms with Crippen molar-refractivity contribution >= 4 is 5.78 Å². The summed E-state index contributed by atoms with van der Waals surface area (Å²) < 4.78 is 0. The van der Waals surface area contributed by atoms with Crippen molar-refractivity contribution in [2.24, 2.45) is 0 Å². The Balaban J connectivity index is 1.89. The molecule has 0 saturated carbocycles. The van der Waals surface area contributed by atoms with Crippen LogP contribution >= 0.6 is 0 Å². The number of hydrogen-bond donors (Lipinski definition) is 0. The summed E-state index contributed by atoms with van der Waals surface area (Å²) in [6, 6.07) is 0.671. The summed E-state index contributed by atoms with van der Waals surface area (Å²) in [7, 11) is 0. The van der Waals surface area contributed by atoms with Crippen LogP contribution in [0.15, 0.2) is 0 Å². The van der Waals surface area contributed by atoms with Gasteiger partial charge in [-0.2, -0.15) is 0 Å². The van der Waals surface area contributed by atoms with Crippen molar-refractivity contribution in [3.63, 3.8) is 0 Å². The Morgan fingerprint density at radius 3 is 3.00 bits per heavy atom. The van der Waals surface area contributed by atoms with E-state index in [0.717, 1.165) is 13.1 Å². The minimum absolute atomic E-state index is 0.389. The van der Waals surface area contributed by atoms with E-state index in [0.29, 0.717) is 24.8 Å². The average Bonchev–Trinajstić information content (AvgIpc) is 2.54. The van der Waals surface area contributed by atoms with Crippen LogP contribution in [0.3, 0.4) is 0 Å². The predicted octanol–water partition coefficient (Wildman–Crippen LogP) is 0.355. The Kier molecular flexibility index (Phi) is 2.65. The van der Waals surface area contributed by atoms with E-state index in [1.807, 2.05) is 6.92 Å². The first kappa shape index (κ1) is 9.16. The summed E-state index contributed by atoms with van der Waals surface area (Å²) in [5.41, 5.74) is 0. The normalized spacial score (nSPS) is 33.6. The number of fused-ring (bicyclic) bond motifs is 2. The molecule has 2 aliphatic heterocycles. The first-order valence-corrected chi connectivity index (χ1v) is 5.27. The summed E-state index contributed by atoms with van der Waals surface area (Å²) in [5.74, 6) is 0.389. The van der Waals surface area contributed by atoms with Crippen LogP contribution in [0, 0.1) is 0 Å². The van der Waals surface area contributed by atoms with Crippen LogP contribution in [0.1, 0.15) is 19.8 Å². The van der Waals surface area contributed by atoms with E-state index in [9.17, 15) is 4.79 Å². The van der Waals surface area contributed by atoms with Crippen LogP contribution in [0.2, 0.25) is 0 Å². The van der Waals surface area contributed by atoms with Gasteiger partial charge in [-0.05, 0) is 13.0 Å². The molecule has 2 rings (SSSR count). The first-order chi connectivity index (χ1) is 6.29. The van der Waals surface area contributed by atoms with Crippen LogP contribution < -0.4 is 0 Å². The van der Waals surface area contributed by atoms with Gasteiger partial charge in [0.15, 0.2) is 0 Å². The molecule has 2 heterocycles. The summed E-state index contributed by atoms with van der Waals surface area (Å²) in [5, 5.41) is 0. The molecule has 0 aromatic rings. The highest BCUT2D eigenvalue weighted by molar-refractivity contribution is 5.80. The zero-order valence-electron chi connectivity index (χ0n) is 8.33. The van der Waals surface area contributed by atoms with Crippen molar-refractivity contribution in [3.8, 4) is 0 Å². The van der Waals surface area contributed by atoms with Crippen molar-refractivity contribution in [2.75, 3.05) is 32.7 Å². The average molecular weight is 182 g/mol. The number of hydrogen-bond acceptors (Lipinski definition) is 3. The lowest BCUT2D eigenvalue weighted by Crippen LogP contribution is -2.48. The smallest absolute Gasteiger partial charge is 0.146 e. The fourth-order valence-electron chi connectivity index (χ4n) is 2.31. The fourth-order valence-corrected chi connectivity index (χ4v) is 2.31. The van der Waals surface area contributed by atoms with Gasteiger partial charge in [0, 0.05) is 32.1 Å². The summed E-state index contributed by atoms with van der Waals surface area (Å²) >= 11 is 0. The maximum atomic E-state index is 11.3. The van der Waals surface area contributed by atoms with E-state index >= 15 is 0 Å². The lowest BCUT2D eigenvalue weighted by molar-refractivity contribution is -0.120. The minimum Gasteiger partial charge on any atom is -0.300 e. The molecule has 74 valence electrons. The summed E-state index contributed by atoms with van der Waals surface area (Å²) in [4.78, 5) is 16.2. The summed E-state index contributed by atoms with van der Waals surface area (Å²) in [6.45, 7) is 7.32. The van der Waals surface area contributed by atoms with E-state index in [2.05, 4.69) is 9.80 Å². The maximum Gasteiger partial charge on any atom is 0.146 e. The van der Waals surface area contributed by atoms with Gasteiger partial charge in [0.1, 0.15) is 5.78 Å². The van der Waals surface area contributed by atoms with Crippen LogP contribution in [-0.4, -0.2) is 54.3 Å². The molecule has 0 radical (unpaired) electrons. The highest BCUT2D eigenvalue weighted by Crippen LogP contribution is 2.19. The number of rotatable bonds is 3. The Labute approximate surface area is 79.7 Å². The number of piperazine rings is 1. The largest absolute Gasteiger partial charge is 0.300 e. The Morgan fingerprint density at radius 1 is 1.38 bits per heavy atom. The number of carbonyl (C=O) groups is 1. The molecule has 0 aromatic carbocycles.